The van der Waals surface area contributed by atoms with Crippen molar-refractivity contribution < 1.29 is 9.53 Å². The van der Waals surface area contributed by atoms with Crippen molar-refractivity contribution in [1.29, 1.82) is 0 Å². The molecule has 7 nitrogen and oxygen atoms in total. The first-order valence-electron chi connectivity index (χ1n) is 7.23. The molecule has 2 aromatic heterocycles. The van der Waals surface area contributed by atoms with Gasteiger partial charge in [0.1, 0.15) is 17.0 Å². The van der Waals surface area contributed by atoms with Crippen LogP contribution in [0.3, 0.4) is 0 Å². The van der Waals surface area contributed by atoms with E-state index in [2.05, 4.69) is 5.32 Å². The van der Waals surface area contributed by atoms with Crippen molar-refractivity contribution in [3.05, 3.63) is 55.5 Å². The quantitative estimate of drug-likeness (QED) is 0.752. The van der Waals surface area contributed by atoms with E-state index >= 15 is 0 Å². The Morgan fingerprint density at radius 3 is 2.80 bits per heavy atom. The molecule has 0 saturated carbocycles. The molecule has 25 heavy (non-hydrogen) atoms. The summed E-state index contributed by atoms with van der Waals surface area (Å²) in [6.45, 7) is -0.240. The van der Waals surface area contributed by atoms with Gasteiger partial charge in [-0.15, -0.1) is 11.3 Å². The van der Waals surface area contributed by atoms with Gasteiger partial charge in [0, 0.05) is 12.1 Å². The highest BCUT2D eigenvalue weighted by molar-refractivity contribution is 7.17. The predicted octanol–water partition coefficient (Wildman–Crippen LogP) is 2.06. The Morgan fingerprint density at radius 1 is 1.32 bits per heavy atom. The SMILES string of the molecule is COc1ccc(Cl)cc1NC(=O)Cn1c(=O)n(C)c(=O)c2sccc21. The molecule has 0 unspecified atom stereocenters. The van der Waals surface area contributed by atoms with E-state index in [9.17, 15) is 14.4 Å². The summed E-state index contributed by atoms with van der Waals surface area (Å²) in [5, 5.41) is 4.83. The first-order valence-corrected chi connectivity index (χ1v) is 8.48. The minimum atomic E-state index is -0.552. The zero-order valence-electron chi connectivity index (χ0n) is 13.4. The number of amides is 1. The zero-order valence-corrected chi connectivity index (χ0v) is 15.0. The third-order valence-corrected chi connectivity index (χ3v) is 4.82. The van der Waals surface area contributed by atoms with E-state index in [1.807, 2.05) is 0 Å². The van der Waals surface area contributed by atoms with Gasteiger partial charge in [0.2, 0.25) is 5.91 Å². The van der Waals surface area contributed by atoms with Gasteiger partial charge in [-0.1, -0.05) is 11.6 Å². The fourth-order valence-corrected chi connectivity index (χ4v) is 3.50. The summed E-state index contributed by atoms with van der Waals surface area (Å²) in [6.07, 6.45) is 0. The monoisotopic (exact) mass is 379 g/mol. The number of rotatable bonds is 4. The molecule has 130 valence electrons. The Kier molecular flexibility index (Phi) is 4.65. The molecule has 3 aromatic rings. The lowest BCUT2D eigenvalue weighted by Crippen LogP contribution is -2.39. The number of hydrogen-bond donors (Lipinski definition) is 1. The fourth-order valence-electron chi connectivity index (χ4n) is 2.46. The number of nitrogens with zero attached hydrogens (tertiary/aromatic N) is 2. The number of halogens is 1. The number of fused-ring (bicyclic) bond motifs is 1. The van der Waals surface area contributed by atoms with Crippen LogP contribution in [0.5, 0.6) is 5.75 Å². The summed E-state index contributed by atoms with van der Waals surface area (Å²) in [5.74, 6) is 0.0139. The zero-order chi connectivity index (χ0) is 18.1. The van der Waals surface area contributed by atoms with Crippen molar-refractivity contribution >= 4 is 44.7 Å². The van der Waals surface area contributed by atoms with Crippen molar-refractivity contribution in [3.8, 4) is 5.75 Å². The van der Waals surface area contributed by atoms with Crippen LogP contribution in [-0.2, 0) is 18.4 Å². The van der Waals surface area contributed by atoms with Crippen LogP contribution in [0, 0.1) is 0 Å². The summed E-state index contributed by atoms with van der Waals surface area (Å²) >= 11 is 7.17. The number of thiophene rings is 1. The van der Waals surface area contributed by atoms with Gasteiger partial charge in [0.05, 0.1) is 18.3 Å². The van der Waals surface area contributed by atoms with Gasteiger partial charge in [-0.05, 0) is 29.6 Å². The van der Waals surface area contributed by atoms with Crippen LogP contribution in [0.2, 0.25) is 5.02 Å². The number of nitrogens with one attached hydrogen (secondary N) is 1. The molecule has 0 atom stereocenters. The average Bonchev–Trinajstić information content (AvgIpc) is 3.06. The number of methoxy groups -OCH3 is 1. The van der Waals surface area contributed by atoms with Gasteiger partial charge in [0.15, 0.2) is 0 Å². The van der Waals surface area contributed by atoms with E-state index in [-0.39, 0.29) is 12.1 Å². The second-order valence-electron chi connectivity index (χ2n) is 5.26. The Bertz CT molecular complexity index is 1080. The van der Waals surface area contributed by atoms with Crippen LogP contribution in [0.4, 0.5) is 5.69 Å². The van der Waals surface area contributed by atoms with Crippen LogP contribution in [-0.4, -0.2) is 22.2 Å². The largest absolute Gasteiger partial charge is 0.495 e. The van der Waals surface area contributed by atoms with Gasteiger partial charge in [-0.2, -0.15) is 0 Å². The van der Waals surface area contributed by atoms with Crippen molar-refractivity contribution in [2.24, 2.45) is 7.05 Å². The van der Waals surface area contributed by atoms with E-state index in [4.69, 9.17) is 16.3 Å². The van der Waals surface area contributed by atoms with Crippen LogP contribution >= 0.6 is 22.9 Å². The van der Waals surface area contributed by atoms with Gasteiger partial charge in [-0.25, -0.2) is 4.79 Å². The molecule has 0 aliphatic heterocycles. The average molecular weight is 380 g/mol. The lowest BCUT2D eigenvalue weighted by Gasteiger charge is -2.12. The summed E-state index contributed by atoms with van der Waals surface area (Å²) in [5.41, 5.74) is -0.0852. The lowest BCUT2D eigenvalue weighted by molar-refractivity contribution is -0.116. The Labute approximate surface area is 151 Å². The minimum absolute atomic E-state index is 0.240. The molecule has 0 spiro atoms. The normalized spacial score (nSPS) is 10.8. The van der Waals surface area contributed by atoms with E-state index in [0.29, 0.717) is 26.7 Å². The maximum absolute atomic E-state index is 12.4. The van der Waals surface area contributed by atoms with E-state index in [1.165, 1.54) is 30.1 Å². The third kappa shape index (κ3) is 3.18. The number of benzene rings is 1. The Balaban J connectivity index is 1.96. The molecule has 3 rings (SSSR count). The molecule has 0 aliphatic carbocycles. The Morgan fingerprint density at radius 2 is 2.08 bits per heavy atom. The van der Waals surface area contributed by atoms with E-state index in [1.54, 1.807) is 29.6 Å². The van der Waals surface area contributed by atoms with Gasteiger partial charge in [0.25, 0.3) is 5.56 Å². The van der Waals surface area contributed by atoms with Crippen molar-refractivity contribution in [3.63, 3.8) is 0 Å². The molecule has 2 heterocycles. The molecule has 0 radical (unpaired) electrons. The summed E-state index contributed by atoms with van der Waals surface area (Å²) in [4.78, 5) is 36.9. The minimum Gasteiger partial charge on any atom is -0.495 e. The van der Waals surface area contributed by atoms with E-state index in [0.717, 1.165) is 4.57 Å². The van der Waals surface area contributed by atoms with Crippen LogP contribution in [0.15, 0.2) is 39.2 Å². The molecule has 1 N–H and O–H groups in total. The maximum atomic E-state index is 12.4. The van der Waals surface area contributed by atoms with E-state index < -0.39 is 11.6 Å². The second-order valence-corrected chi connectivity index (χ2v) is 6.61. The fraction of sp³-hybridized carbons (Fsp3) is 0.188. The topological polar surface area (TPSA) is 82.3 Å². The summed E-state index contributed by atoms with van der Waals surface area (Å²) < 4.78 is 7.86. The smallest absolute Gasteiger partial charge is 0.331 e. The number of carbonyl (C=O) groups is 1. The maximum Gasteiger partial charge on any atom is 0.331 e. The highest BCUT2D eigenvalue weighted by Crippen LogP contribution is 2.27. The summed E-state index contributed by atoms with van der Waals surface area (Å²) in [7, 11) is 2.86. The standard InChI is InChI=1S/C16H14ClN3O4S/c1-19-15(22)14-11(5-6-25-14)20(16(19)23)8-13(21)18-10-7-9(17)3-4-12(10)24-2/h3-7H,8H2,1-2H3,(H,18,21). The molecule has 0 fully saturated rings. The predicted molar refractivity (Wildman–Crippen MR) is 98.0 cm³/mol. The third-order valence-electron chi connectivity index (χ3n) is 3.69. The number of carbonyl (C=O) groups excluding carboxylic acids is 1. The van der Waals surface area contributed by atoms with Gasteiger partial charge >= 0.3 is 5.69 Å². The number of ether oxygens (including phenoxy) is 1. The van der Waals surface area contributed by atoms with Gasteiger partial charge in [-0.3, -0.25) is 18.7 Å². The van der Waals surface area contributed by atoms with Crippen LogP contribution in [0.1, 0.15) is 0 Å². The van der Waals surface area contributed by atoms with Crippen molar-refractivity contribution in [1.82, 2.24) is 9.13 Å². The molecule has 9 heteroatoms. The Hall–Kier alpha value is -2.58. The number of anilines is 1. The molecule has 0 saturated heterocycles. The molecule has 0 aliphatic rings. The molecular formula is C16H14ClN3O4S. The first-order chi connectivity index (χ1) is 11.9. The molecule has 1 amide bonds. The molecule has 1 aromatic carbocycles. The van der Waals surface area contributed by atoms with Crippen molar-refractivity contribution in [2.45, 2.75) is 6.54 Å². The van der Waals surface area contributed by atoms with Crippen LogP contribution in [0.25, 0.3) is 10.2 Å². The van der Waals surface area contributed by atoms with Gasteiger partial charge < -0.3 is 10.1 Å². The molecular weight excluding hydrogens is 366 g/mol. The van der Waals surface area contributed by atoms with Crippen LogP contribution < -0.4 is 21.3 Å². The molecule has 0 bridgehead atoms. The highest BCUT2D eigenvalue weighted by Gasteiger charge is 2.15. The number of aromatic nitrogens is 2. The first kappa shape index (κ1) is 17.2. The van der Waals surface area contributed by atoms with Crippen molar-refractivity contribution in [2.75, 3.05) is 12.4 Å². The second kappa shape index (κ2) is 6.73. The number of hydrogen-bond acceptors (Lipinski definition) is 5. The summed E-state index contributed by atoms with van der Waals surface area (Å²) in [6, 6.07) is 6.48. The lowest BCUT2D eigenvalue weighted by atomic mass is 10.3. The highest BCUT2D eigenvalue weighted by atomic mass is 35.5.